The van der Waals surface area contributed by atoms with E-state index in [-0.39, 0.29) is 0 Å². The first-order valence-corrected chi connectivity index (χ1v) is 3.87. The number of aldehydes is 1. The summed E-state index contributed by atoms with van der Waals surface area (Å²) in [6, 6.07) is 0. The van der Waals surface area contributed by atoms with Crippen molar-refractivity contribution in [3.63, 3.8) is 0 Å². The molecule has 1 aliphatic heterocycles. The first kappa shape index (κ1) is 10.6. The first-order chi connectivity index (χ1) is 6.11. The zero-order valence-electron chi connectivity index (χ0n) is 6.78. The van der Waals surface area contributed by atoms with Crippen molar-refractivity contribution < 1.29 is 30.0 Å². The van der Waals surface area contributed by atoms with Gasteiger partial charge in [0.15, 0.2) is 6.29 Å². The average molecular weight is 192 g/mol. The van der Waals surface area contributed by atoms with Crippen LogP contribution < -0.4 is 0 Å². The van der Waals surface area contributed by atoms with Crippen LogP contribution in [-0.4, -0.2) is 63.8 Å². The number of aliphatic hydroxyl groups excluding tert-OH is 4. The molecular formula is C7H12O6. The third-order valence-electron chi connectivity index (χ3n) is 2.06. The Bertz CT molecular complexity index is 182. The van der Waals surface area contributed by atoms with Gasteiger partial charge in [0, 0.05) is 0 Å². The highest BCUT2D eigenvalue weighted by molar-refractivity contribution is 5.57. The predicted molar refractivity (Wildman–Crippen MR) is 39.8 cm³/mol. The van der Waals surface area contributed by atoms with Gasteiger partial charge in [-0.3, -0.25) is 0 Å². The van der Waals surface area contributed by atoms with Crippen molar-refractivity contribution in [2.24, 2.45) is 0 Å². The second-order valence-electron chi connectivity index (χ2n) is 2.93. The van der Waals surface area contributed by atoms with Gasteiger partial charge in [0.2, 0.25) is 0 Å². The van der Waals surface area contributed by atoms with Crippen LogP contribution in [0.15, 0.2) is 0 Å². The van der Waals surface area contributed by atoms with E-state index in [1.54, 1.807) is 0 Å². The van der Waals surface area contributed by atoms with Gasteiger partial charge in [0.05, 0.1) is 6.61 Å². The molecule has 1 heterocycles. The average Bonchev–Trinajstić information content (AvgIpc) is 2.15. The smallest absolute Gasteiger partial charge is 0.151 e. The van der Waals surface area contributed by atoms with Gasteiger partial charge in [0.1, 0.15) is 30.5 Å². The molecule has 0 radical (unpaired) electrons. The standard InChI is InChI=1S/C7H12O6/c8-1-3-5(10)7(12)6(11)4(2-9)13-3/h1,3-7,9-12H,2H2/t3?,4-,5+,6+,7-/m1/s1. The Kier molecular flexibility index (Phi) is 3.34. The van der Waals surface area contributed by atoms with Gasteiger partial charge in [-0.25, -0.2) is 0 Å². The van der Waals surface area contributed by atoms with Crippen LogP contribution in [0.2, 0.25) is 0 Å². The van der Waals surface area contributed by atoms with E-state index < -0.39 is 37.1 Å². The van der Waals surface area contributed by atoms with Crippen molar-refractivity contribution >= 4 is 6.29 Å². The fourth-order valence-electron chi connectivity index (χ4n) is 1.24. The fraction of sp³-hybridized carbons (Fsp3) is 0.857. The molecule has 4 N–H and O–H groups in total. The molecule has 0 spiro atoms. The maximum atomic E-state index is 10.3. The summed E-state index contributed by atoms with van der Waals surface area (Å²) in [5.41, 5.74) is 0. The molecule has 6 nitrogen and oxygen atoms in total. The lowest BCUT2D eigenvalue weighted by molar-refractivity contribution is -0.221. The molecule has 0 aromatic heterocycles. The van der Waals surface area contributed by atoms with E-state index in [1.165, 1.54) is 0 Å². The second kappa shape index (κ2) is 4.12. The minimum atomic E-state index is -1.47. The molecule has 0 aliphatic carbocycles. The number of hydrogen-bond acceptors (Lipinski definition) is 6. The first-order valence-electron chi connectivity index (χ1n) is 3.87. The number of rotatable bonds is 2. The SMILES string of the molecule is O=CC1O[C@H](CO)[C@H](O)[C@H](O)[C@H]1O. The van der Waals surface area contributed by atoms with Crippen LogP contribution >= 0.6 is 0 Å². The number of aliphatic hydroxyl groups is 4. The van der Waals surface area contributed by atoms with E-state index in [0.29, 0.717) is 6.29 Å². The third-order valence-corrected chi connectivity index (χ3v) is 2.06. The van der Waals surface area contributed by atoms with E-state index in [9.17, 15) is 20.1 Å². The largest absolute Gasteiger partial charge is 0.394 e. The normalized spacial score (nSPS) is 46.0. The van der Waals surface area contributed by atoms with Crippen molar-refractivity contribution in [1.82, 2.24) is 0 Å². The summed E-state index contributed by atoms with van der Waals surface area (Å²) in [6.07, 6.45) is -6.21. The lowest BCUT2D eigenvalue weighted by atomic mass is 9.96. The highest BCUT2D eigenvalue weighted by Gasteiger charge is 2.43. The molecule has 6 heteroatoms. The van der Waals surface area contributed by atoms with E-state index in [2.05, 4.69) is 0 Å². The van der Waals surface area contributed by atoms with Gasteiger partial charge < -0.3 is 30.0 Å². The Balaban J connectivity index is 2.71. The Morgan fingerprint density at radius 1 is 1.15 bits per heavy atom. The summed E-state index contributed by atoms with van der Waals surface area (Å²) in [4.78, 5) is 10.3. The molecule has 5 atom stereocenters. The highest BCUT2D eigenvalue weighted by Crippen LogP contribution is 2.19. The fourth-order valence-corrected chi connectivity index (χ4v) is 1.24. The number of carbonyl (C=O) groups is 1. The van der Waals surface area contributed by atoms with Crippen LogP contribution in [0.5, 0.6) is 0 Å². The van der Waals surface area contributed by atoms with Crippen LogP contribution in [0.4, 0.5) is 0 Å². The molecule has 1 aliphatic rings. The van der Waals surface area contributed by atoms with Crippen LogP contribution in [-0.2, 0) is 9.53 Å². The van der Waals surface area contributed by atoms with Gasteiger partial charge in [-0.1, -0.05) is 0 Å². The van der Waals surface area contributed by atoms with Crippen molar-refractivity contribution in [2.45, 2.75) is 30.5 Å². The molecule has 76 valence electrons. The topological polar surface area (TPSA) is 107 Å². The molecule has 1 rings (SSSR count). The molecule has 0 aromatic carbocycles. The molecule has 1 unspecified atom stereocenters. The molecule has 13 heavy (non-hydrogen) atoms. The van der Waals surface area contributed by atoms with Gasteiger partial charge in [0.25, 0.3) is 0 Å². The predicted octanol–water partition coefficient (Wildman–Crippen LogP) is -2.97. The second-order valence-corrected chi connectivity index (χ2v) is 2.93. The van der Waals surface area contributed by atoms with Crippen LogP contribution in [0, 0.1) is 0 Å². The van der Waals surface area contributed by atoms with Crippen molar-refractivity contribution in [3.05, 3.63) is 0 Å². The maximum absolute atomic E-state index is 10.3. The Morgan fingerprint density at radius 3 is 2.23 bits per heavy atom. The quantitative estimate of drug-likeness (QED) is 0.348. The molecular weight excluding hydrogens is 180 g/mol. The van der Waals surface area contributed by atoms with Crippen LogP contribution in [0.3, 0.4) is 0 Å². The number of hydrogen-bond donors (Lipinski definition) is 4. The van der Waals surface area contributed by atoms with Crippen LogP contribution in [0.25, 0.3) is 0 Å². The van der Waals surface area contributed by atoms with Gasteiger partial charge in [-0.2, -0.15) is 0 Å². The number of carbonyl (C=O) groups excluding carboxylic acids is 1. The molecule has 0 bridgehead atoms. The van der Waals surface area contributed by atoms with E-state index in [1.807, 2.05) is 0 Å². The summed E-state index contributed by atoms with van der Waals surface area (Å²) >= 11 is 0. The Hall–Kier alpha value is -0.530. The lowest BCUT2D eigenvalue weighted by Gasteiger charge is -2.37. The van der Waals surface area contributed by atoms with Gasteiger partial charge >= 0.3 is 0 Å². The summed E-state index contributed by atoms with van der Waals surface area (Å²) in [7, 11) is 0. The summed E-state index contributed by atoms with van der Waals surface area (Å²) in [6.45, 7) is -0.519. The molecule has 1 fully saturated rings. The maximum Gasteiger partial charge on any atom is 0.151 e. The zero-order chi connectivity index (χ0) is 10.0. The van der Waals surface area contributed by atoms with Crippen molar-refractivity contribution in [3.8, 4) is 0 Å². The minimum Gasteiger partial charge on any atom is -0.394 e. The molecule has 0 amide bonds. The van der Waals surface area contributed by atoms with Gasteiger partial charge in [-0.05, 0) is 0 Å². The summed E-state index contributed by atoms with van der Waals surface area (Å²) in [5, 5.41) is 36.3. The zero-order valence-corrected chi connectivity index (χ0v) is 6.78. The van der Waals surface area contributed by atoms with E-state index in [4.69, 9.17) is 9.84 Å². The minimum absolute atomic E-state index is 0.322. The number of ether oxygens (including phenoxy) is 1. The van der Waals surface area contributed by atoms with Crippen LogP contribution in [0.1, 0.15) is 0 Å². The van der Waals surface area contributed by atoms with E-state index >= 15 is 0 Å². The highest BCUT2D eigenvalue weighted by atomic mass is 16.5. The van der Waals surface area contributed by atoms with E-state index in [0.717, 1.165) is 0 Å². The third kappa shape index (κ3) is 1.87. The molecule has 0 aromatic rings. The lowest BCUT2D eigenvalue weighted by Crippen LogP contribution is -2.58. The van der Waals surface area contributed by atoms with Crippen molar-refractivity contribution in [1.29, 1.82) is 0 Å². The Labute approximate surface area is 74.4 Å². The Morgan fingerprint density at radius 2 is 1.77 bits per heavy atom. The monoisotopic (exact) mass is 192 g/mol. The van der Waals surface area contributed by atoms with Crippen molar-refractivity contribution in [2.75, 3.05) is 6.61 Å². The summed E-state index contributed by atoms with van der Waals surface area (Å²) in [5.74, 6) is 0. The van der Waals surface area contributed by atoms with Gasteiger partial charge in [-0.15, -0.1) is 0 Å². The summed E-state index contributed by atoms with van der Waals surface area (Å²) < 4.78 is 4.80. The molecule has 1 saturated heterocycles. The molecule has 0 saturated carbocycles.